The van der Waals surface area contributed by atoms with E-state index in [0.717, 1.165) is 56.1 Å². The fourth-order valence-corrected chi connectivity index (χ4v) is 4.50. The third kappa shape index (κ3) is 4.03. The van der Waals surface area contributed by atoms with Gasteiger partial charge in [0.25, 0.3) is 0 Å². The molecule has 4 rings (SSSR count). The number of hydrogen-bond acceptors (Lipinski definition) is 4. The second-order valence-corrected chi connectivity index (χ2v) is 8.24. The molecule has 1 aromatic heterocycles. The van der Waals surface area contributed by atoms with Crippen molar-refractivity contribution < 1.29 is 4.79 Å². The van der Waals surface area contributed by atoms with Gasteiger partial charge in [0.1, 0.15) is 0 Å². The summed E-state index contributed by atoms with van der Waals surface area (Å²) in [6, 6.07) is 10.5. The third-order valence-electron chi connectivity index (χ3n) is 6.18. The van der Waals surface area contributed by atoms with Gasteiger partial charge in [0.2, 0.25) is 5.91 Å². The summed E-state index contributed by atoms with van der Waals surface area (Å²) in [5.74, 6) is 1.53. The monoisotopic (exact) mass is 378 g/mol. The van der Waals surface area contributed by atoms with Gasteiger partial charge in [0.05, 0.1) is 5.69 Å². The molecule has 0 bridgehead atoms. The Kier molecular flexibility index (Phi) is 5.60. The molecule has 1 saturated heterocycles. The van der Waals surface area contributed by atoms with Gasteiger partial charge in [-0.3, -0.25) is 4.79 Å². The molecule has 2 aliphatic rings. The van der Waals surface area contributed by atoms with Crippen molar-refractivity contribution in [3.63, 3.8) is 0 Å². The van der Waals surface area contributed by atoms with E-state index in [1.807, 2.05) is 0 Å². The minimum Gasteiger partial charge on any atom is -0.352 e. The van der Waals surface area contributed by atoms with Crippen molar-refractivity contribution in [2.45, 2.75) is 46.0 Å². The normalized spacial score (nSPS) is 18.4. The van der Waals surface area contributed by atoms with Crippen LogP contribution in [0.15, 0.2) is 30.3 Å². The number of aromatic nitrogens is 2. The third-order valence-corrected chi connectivity index (χ3v) is 6.18. The van der Waals surface area contributed by atoms with Crippen molar-refractivity contribution in [1.82, 2.24) is 15.1 Å². The molecule has 148 valence electrons. The summed E-state index contributed by atoms with van der Waals surface area (Å²) in [5.41, 5.74) is 4.52. The van der Waals surface area contributed by atoms with Gasteiger partial charge in [-0.1, -0.05) is 43.0 Å². The first-order chi connectivity index (χ1) is 13.6. The summed E-state index contributed by atoms with van der Waals surface area (Å²) in [7, 11) is 0. The summed E-state index contributed by atoms with van der Waals surface area (Å²) in [6.07, 6.45) is 5.85. The van der Waals surface area contributed by atoms with Crippen LogP contribution in [-0.4, -0.2) is 47.2 Å². The second-order valence-electron chi connectivity index (χ2n) is 8.24. The zero-order valence-electron chi connectivity index (χ0n) is 17.0. The summed E-state index contributed by atoms with van der Waals surface area (Å²) in [4.78, 5) is 17.0. The molecule has 2 fully saturated rings. The standard InChI is InChI=1S/C23H30N4O/c1-17-8-9-20(18(2)16-17)21-10-11-22(25-24-21)26-12-14-27(15-13-26)23(28)19-6-4-3-5-7-19/h8-11,16,19H,3-7,12-15H2,1-2H3. The number of carbonyl (C=O) groups is 1. The predicted molar refractivity (Wildman–Crippen MR) is 112 cm³/mol. The molecule has 2 aromatic rings. The van der Waals surface area contributed by atoms with Crippen LogP contribution in [0.2, 0.25) is 0 Å². The Labute approximate surface area is 167 Å². The average Bonchev–Trinajstić information content (AvgIpc) is 2.74. The Hall–Kier alpha value is -2.43. The molecule has 1 aliphatic heterocycles. The summed E-state index contributed by atoms with van der Waals surface area (Å²) >= 11 is 0. The van der Waals surface area contributed by atoms with Crippen LogP contribution in [0.25, 0.3) is 11.3 Å². The van der Waals surface area contributed by atoms with Gasteiger partial charge < -0.3 is 9.80 Å². The van der Waals surface area contributed by atoms with Crippen LogP contribution in [0, 0.1) is 19.8 Å². The van der Waals surface area contributed by atoms with Crippen LogP contribution in [0.1, 0.15) is 43.2 Å². The first-order valence-electron chi connectivity index (χ1n) is 10.6. The maximum absolute atomic E-state index is 12.7. The Morgan fingerprint density at radius 3 is 2.32 bits per heavy atom. The Morgan fingerprint density at radius 2 is 1.68 bits per heavy atom. The number of benzene rings is 1. The van der Waals surface area contributed by atoms with Gasteiger partial charge in [-0.2, -0.15) is 0 Å². The number of piperazine rings is 1. The van der Waals surface area contributed by atoms with Crippen molar-refractivity contribution in [2.24, 2.45) is 5.92 Å². The fourth-order valence-electron chi connectivity index (χ4n) is 4.50. The number of rotatable bonds is 3. The number of amides is 1. The van der Waals surface area contributed by atoms with E-state index in [1.165, 1.54) is 30.4 Å². The molecule has 1 amide bonds. The first-order valence-corrected chi connectivity index (χ1v) is 10.6. The second kappa shape index (κ2) is 8.29. The molecule has 1 aromatic carbocycles. The minimum atomic E-state index is 0.261. The van der Waals surface area contributed by atoms with E-state index in [4.69, 9.17) is 0 Å². The highest BCUT2D eigenvalue weighted by atomic mass is 16.2. The van der Waals surface area contributed by atoms with Crippen molar-refractivity contribution in [3.05, 3.63) is 41.5 Å². The van der Waals surface area contributed by atoms with Crippen LogP contribution in [0.3, 0.4) is 0 Å². The molecule has 0 N–H and O–H groups in total. The topological polar surface area (TPSA) is 49.3 Å². The van der Waals surface area contributed by atoms with Crippen LogP contribution >= 0.6 is 0 Å². The lowest BCUT2D eigenvalue weighted by atomic mass is 9.88. The van der Waals surface area contributed by atoms with E-state index in [1.54, 1.807) is 0 Å². The van der Waals surface area contributed by atoms with Crippen LogP contribution in [0.4, 0.5) is 5.82 Å². The van der Waals surface area contributed by atoms with Gasteiger partial charge in [-0.25, -0.2) is 0 Å². The van der Waals surface area contributed by atoms with E-state index >= 15 is 0 Å². The molecule has 0 unspecified atom stereocenters. The quantitative estimate of drug-likeness (QED) is 0.810. The number of carbonyl (C=O) groups excluding carboxylic acids is 1. The molecule has 5 nitrogen and oxygen atoms in total. The van der Waals surface area contributed by atoms with Crippen LogP contribution in [0.5, 0.6) is 0 Å². The van der Waals surface area contributed by atoms with Crippen molar-refractivity contribution in [2.75, 3.05) is 31.1 Å². The largest absolute Gasteiger partial charge is 0.352 e. The Bertz CT molecular complexity index is 819. The summed E-state index contributed by atoms with van der Waals surface area (Å²) in [5, 5.41) is 8.94. The molecular weight excluding hydrogens is 348 g/mol. The highest BCUT2D eigenvalue weighted by Crippen LogP contribution is 2.27. The minimum absolute atomic E-state index is 0.261. The molecule has 1 aliphatic carbocycles. The molecule has 5 heteroatoms. The zero-order valence-corrected chi connectivity index (χ0v) is 17.0. The van der Waals surface area contributed by atoms with Gasteiger partial charge >= 0.3 is 0 Å². The van der Waals surface area contributed by atoms with Gasteiger partial charge in [0, 0.05) is 37.7 Å². The van der Waals surface area contributed by atoms with E-state index in [0.29, 0.717) is 5.91 Å². The lowest BCUT2D eigenvalue weighted by Gasteiger charge is -2.37. The highest BCUT2D eigenvalue weighted by Gasteiger charge is 2.28. The maximum Gasteiger partial charge on any atom is 0.225 e. The molecule has 0 spiro atoms. The van der Waals surface area contributed by atoms with Crippen molar-refractivity contribution in [1.29, 1.82) is 0 Å². The summed E-state index contributed by atoms with van der Waals surface area (Å²) in [6.45, 7) is 7.45. The number of anilines is 1. The molecule has 2 heterocycles. The van der Waals surface area contributed by atoms with Gasteiger partial charge in [0.15, 0.2) is 5.82 Å². The smallest absolute Gasteiger partial charge is 0.225 e. The highest BCUT2D eigenvalue weighted by molar-refractivity contribution is 5.79. The Balaban J connectivity index is 1.37. The predicted octanol–water partition coefficient (Wildman–Crippen LogP) is 3.99. The lowest BCUT2D eigenvalue weighted by Crippen LogP contribution is -2.50. The number of hydrogen-bond donors (Lipinski definition) is 0. The average molecular weight is 379 g/mol. The SMILES string of the molecule is Cc1ccc(-c2ccc(N3CCN(C(=O)C4CCCCC4)CC3)nn2)c(C)c1. The van der Waals surface area contributed by atoms with E-state index in [-0.39, 0.29) is 5.92 Å². The molecule has 0 atom stereocenters. The number of aryl methyl sites for hydroxylation is 2. The fraction of sp³-hybridized carbons (Fsp3) is 0.522. The van der Waals surface area contributed by atoms with E-state index in [9.17, 15) is 4.79 Å². The van der Waals surface area contributed by atoms with Gasteiger partial charge in [-0.15, -0.1) is 10.2 Å². The number of nitrogens with zero attached hydrogens (tertiary/aromatic N) is 4. The molecule has 1 saturated carbocycles. The lowest BCUT2D eigenvalue weighted by molar-refractivity contribution is -0.136. The summed E-state index contributed by atoms with van der Waals surface area (Å²) < 4.78 is 0. The van der Waals surface area contributed by atoms with Gasteiger partial charge in [-0.05, 0) is 44.4 Å². The Morgan fingerprint density at radius 1 is 0.929 bits per heavy atom. The molecule has 0 radical (unpaired) electrons. The first kappa shape index (κ1) is 18.9. The van der Waals surface area contributed by atoms with E-state index < -0.39 is 0 Å². The molecule has 28 heavy (non-hydrogen) atoms. The van der Waals surface area contributed by atoms with Crippen molar-refractivity contribution >= 4 is 11.7 Å². The van der Waals surface area contributed by atoms with Crippen LogP contribution < -0.4 is 4.90 Å². The zero-order chi connectivity index (χ0) is 19.5. The molecular formula is C23H30N4O. The van der Waals surface area contributed by atoms with Crippen molar-refractivity contribution in [3.8, 4) is 11.3 Å². The maximum atomic E-state index is 12.7. The van der Waals surface area contributed by atoms with E-state index in [2.05, 4.69) is 64.2 Å². The van der Waals surface area contributed by atoms with Crippen LogP contribution in [-0.2, 0) is 4.79 Å².